The van der Waals surface area contributed by atoms with E-state index < -0.39 is 0 Å². The van der Waals surface area contributed by atoms with Crippen LogP contribution in [-0.4, -0.2) is 6.61 Å². The molecule has 98 valence electrons. The van der Waals surface area contributed by atoms with Crippen LogP contribution in [0.15, 0.2) is 36.4 Å². The summed E-state index contributed by atoms with van der Waals surface area (Å²) in [5, 5.41) is 0.718. The molecular formula is C16H16ClNO. The molecule has 2 aromatic carbocycles. The first-order chi connectivity index (χ1) is 9.29. The maximum Gasteiger partial charge on any atom is 0.130 e. The van der Waals surface area contributed by atoms with Crippen molar-refractivity contribution in [3.05, 3.63) is 52.5 Å². The molecule has 2 nitrogen and oxygen atoms in total. The van der Waals surface area contributed by atoms with Gasteiger partial charge in [0.15, 0.2) is 0 Å². The zero-order valence-electron chi connectivity index (χ0n) is 10.7. The minimum Gasteiger partial charge on any atom is -0.493 e. The lowest BCUT2D eigenvalue weighted by molar-refractivity contribution is 0.289. The van der Waals surface area contributed by atoms with Gasteiger partial charge in [-0.2, -0.15) is 0 Å². The lowest BCUT2D eigenvalue weighted by Gasteiger charge is -2.21. The summed E-state index contributed by atoms with van der Waals surface area (Å²) in [6.07, 6.45) is 2.16. The minimum absolute atomic E-state index is 0.472. The molecule has 3 rings (SSSR count). The van der Waals surface area contributed by atoms with Crippen molar-refractivity contribution in [1.82, 2.24) is 0 Å². The number of hydrogen-bond donors (Lipinski definition) is 1. The topological polar surface area (TPSA) is 35.2 Å². The molecule has 0 spiro atoms. The van der Waals surface area contributed by atoms with Gasteiger partial charge in [-0.1, -0.05) is 35.9 Å². The monoisotopic (exact) mass is 273 g/mol. The van der Waals surface area contributed by atoms with Gasteiger partial charge in [0.05, 0.1) is 6.61 Å². The van der Waals surface area contributed by atoms with E-state index in [0.29, 0.717) is 6.54 Å². The van der Waals surface area contributed by atoms with Crippen molar-refractivity contribution in [2.75, 3.05) is 6.61 Å². The Morgan fingerprint density at radius 2 is 2.05 bits per heavy atom. The predicted molar refractivity (Wildman–Crippen MR) is 78.6 cm³/mol. The summed E-state index contributed by atoms with van der Waals surface area (Å²) in [5.41, 5.74) is 10.4. The molecule has 0 aliphatic carbocycles. The first-order valence-electron chi connectivity index (χ1n) is 6.53. The average molecular weight is 274 g/mol. The van der Waals surface area contributed by atoms with Crippen LogP contribution in [0.1, 0.15) is 17.5 Å². The Balaban J connectivity index is 2.17. The number of aryl methyl sites for hydroxylation is 1. The first kappa shape index (κ1) is 12.5. The van der Waals surface area contributed by atoms with E-state index in [1.54, 1.807) is 0 Å². The van der Waals surface area contributed by atoms with Crippen molar-refractivity contribution in [2.45, 2.75) is 19.4 Å². The molecule has 2 N–H and O–H groups in total. The first-order valence-corrected chi connectivity index (χ1v) is 6.91. The molecule has 19 heavy (non-hydrogen) atoms. The molecule has 1 aliphatic rings. The molecule has 0 bridgehead atoms. The molecular weight excluding hydrogens is 258 g/mol. The van der Waals surface area contributed by atoms with Crippen LogP contribution in [0.2, 0.25) is 5.02 Å². The van der Waals surface area contributed by atoms with Gasteiger partial charge >= 0.3 is 0 Å². The van der Waals surface area contributed by atoms with Gasteiger partial charge in [0.1, 0.15) is 5.75 Å². The van der Waals surface area contributed by atoms with Gasteiger partial charge in [0, 0.05) is 17.1 Å². The molecule has 0 atom stereocenters. The third-order valence-electron chi connectivity index (χ3n) is 3.51. The molecule has 0 unspecified atom stereocenters. The van der Waals surface area contributed by atoms with E-state index in [1.165, 1.54) is 5.56 Å². The minimum atomic E-state index is 0.472. The summed E-state index contributed by atoms with van der Waals surface area (Å²) in [6, 6.07) is 12.2. The van der Waals surface area contributed by atoms with E-state index in [-0.39, 0.29) is 0 Å². The number of ether oxygens (including phenoxy) is 1. The molecule has 1 aliphatic heterocycles. The van der Waals surface area contributed by atoms with Gasteiger partial charge < -0.3 is 10.5 Å². The highest BCUT2D eigenvalue weighted by Crippen LogP contribution is 2.38. The summed E-state index contributed by atoms with van der Waals surface area (Å²) < 4.78 is 5.86. The Labute approximate surface area is 118 Å². The Hall–Kier alpha value is -1.51. The van der Waals surface area contributed by atoms with Crippen LogP contribution in [0.25, 0.3) is 11.1 Å². The van der Waals surface area contributed by atoms with Gasteiger partial charge in [0.25, 0.3) is 0 Å². The van der Waals surface area contributed by atoms with Crippen molar-refractivity contribution in [2.24, 2.45) is 5.73 Å². The quantitative estimate of drug-likeness (QED) is 0.903. The van der Waals surface area contributed by atoms with E-state index in [9.17, 15) is 0 Å². The van der Waals surface area contributed by atoms with Crippen LogP contribution < -0.4 is 10.5 Å². The molecule has 0 radical (unpaired) electrons. The molecule has 0 saturated carbocycles. The van der Waals surface area contributed by atoms with Gasteiger partial charge in [-0.3, -0.25) is 0 Å². The van der Waals surface area contributed by atoms with Gasteiger partial charge in [-0.25, -0.2) is 0 Å². The Morgan fingerprint density at radius 3 is 2.89 bits per heavy atom. The summed E-state index contributed by atoms with van der Waals surface area (Å²) in [5.74, 6) is 1.01. The highest BCUT2D eigenvalue weighted by molar-refractivity contribution is 6.30. The maximum absolute atomic E-state index is 6.04. The van der Waals surface area contributed by atoms with Crippen molar-refractivity contribution in [3.8, 4) is 16.9 Å². The number of benzene rings is 2. The molecule has 3 heteroatoms. The van der Waals surface area contributed by atoms with Crippen LogP contribution in [0.4, 0.5) is 0 Å². The maximum atomic E-state index is 6.04. The van der Waals surface area contributed by atoms with Crippen LogP contribution in [-0.2, 0) is 13.0 Å². The van der Waals surface area contributed by atoms with Gasteiger partial charge in [0.2, 0.25) is 0 Å². The SMILES string of the molecule is NCc1cc(Cl)ccc1-c1cccc2c1OCCC2. The lowest BCUT2D eigenvalue weighted by atomic mass is 9.94. The van der Waals surface area contributed by atoms with Gasteiger partial charge in [-0.15, -0.1) is 0 Å². The molecule has 0 saturated heterocycles. The van der Waals surface area contributed by atoms with Crippen LogP contribution >= 0.6 is 11.6 Å². The van der Waals surface area contributed by atoms with E-state index >= 15 is 0 Å². The highest BCUT2D eigenvalue weighted by atomic mass is 35.5. The number of para-hydroxylation sites is 1. The average Bonchev–Trinajstić information content (AvgIpc) is 2.46. The fourth-order valence-corrected chi connectivity index (χ4v) is 2.79. The zero-order chi connectivity index (χ0) is 13.2. The Kier molecular flexibility index (Phi) is 3.45. The van der Waals surface area contributed by atoms with Crippen LogP contribution in [0.5, 0.6) is 5.75 Å². The fourth-order valence-electron chi connectivity index (χ4n) is 2.60. The van der Waals surface area contributed by atoms with Gasteiger partial charge in [-0.05, 0) is 41.7 Å². The molecule has 0 fully saturated rings. The molecule has 1 heterocycles. The third-order valence-corrected chi connectivity index (χ3v) is 3.75. The number of halogens is 1. The normalized spacial score (nSPS) is 13.8. The standard InChI is InChI=1S/C16H16ClNO/c17-13-6-7-14(12(9-13)10-18)15-5-1-3-11-4-2-8-19-16(11)15/h1,3,5-7,9H,2,4,8,10,18H2. The van der Waals surface area contributed by atoms with E-state index in [1.807, 2.05) is 18.2 Å². The molecule has 0 aromatic heterocycles. The number of nitrogens with two attached hydrogens (primary N) is 1. The van der Waals surface area contributed by atoms with E-state index in [4.69, 9.17) is 22.1 Å². The van der Waals surface area contributed by atoms with Crippen molar-refractivity contribution >= 4 is 11.6 Å². The van der Waals surface area contributed by atoms with Crippen LogP contribution in [0, 0.1) is 0 Å². The zero-order valence-corrected chi connectivity index (χ0v) is 11.4. The summed E-state index contributed by atoms with van der Waals surface area (Å²) in [4.78, 5) is 0. The fraction of sp³-hybridized carbons (Fsp3) is 0.250. The van der Waals surface area contributed by atoms with E-state index in [0.717, 1.165) is 46.9 Å². The number of rotatable bonds is 2. The second-order valence-corrected chi connectivity index (χ2v) is 5.19. The van der Waals surface area contributed by atoms with Crippen molar-refractivity contribution < 1.29 is 4.74 Å². The lowest BCUT2D eigenvalue weighted by Crippen LogP contribution is -2.10. The second-order valence-electron chi connectivity index (χ2n) is 4.75. The predicted octanol–water partition coefficient (Wildman–Crippen LogP) is 3.79. The van der Waals surface area contributed by atoms with Crippen molar-refractivity contribution in [3.63, 3.8) is 0 Å². The van der Waals surface area contributed by atoms with E-state index in [2.05, 4.69) is 18.2 Å². The molecule has 2 aromatic rings. The summed E-state index contributed by atoms with van der Waals surface area (Å²) in [6.45, 7) is 1.26. The molecule has 0 amide bonds. The second kappa shape index (κ2) is 5.24. The Bertz CT molecular complexity index is 610. The Morgan fingerprint density at radius 1 is 1.16 bits per heavy atom. The number of hydrogen-bond acceptors (Lipinski definition) is 2. The smallest absolute Gasteiger partial charge is 0.130 e. The largest absolute Gasteiger partial charge is 0.493 e. The number of fused-ring (bicyclic) bond motifs is 1. The van der Waals surface area contributed by atoms with Crippen LogP contribution in [0.3, 0.4) is 0 Å². The summed E-state index contributed by atoms with van der Waals surface area (Å²) in [7, 11) is 0. The summed E-state index contributed by atoms with van der Waals surface area (Å²) >= 11 is 6.04. The third kappa shape index (κ3) is 2.34. The highest BCUT2D eigenvalue weighted by Gasteiger charge is 2.17. The van der Waals surface area contributed by atoms with Crippen molar-refractivity contribution in [1.29, 1.82) is 0 Å².